The zero-order chi connectivity index (χ0) is 12.9. The Morgan fingerprint density at radius 3 is 2.32 bits per heavy atom. The first kappa shape index (κ1) is 13.2. The molecular formula is C19H27. The van der Waals surface area contributed by atoms with Crippen LogP contribution >= 0.6 is 0 Å². The molecule has 19 heavy (non-hydrogen) atoms. The Balaban J connectivity index is 1.66. The molecule has 2 aliphatic rings. The van der Waals surface area contributed by atoms with Gasteiger partial charge < -0.3 is 0 Å². The van der Waals surface area contributed by atoms with Gasteiger partial charge in [0.05, 0.1) is 0 Å². The Morgan fingerprint density at radius 1 is 0.789 bits per heavy atom. The topological polar surface area (TPSA) is 0 Å². The molecule has 0 nitrogen and oxygen atoms in total. The quantitative estimate of drug-likeness (QED) is 0.662. The zero-order valence-corrected chi connectivity index (χ0v) is 12.1. The zero-order valence-electron chi connectivity index (χ0n) is 12.1. The van der Waals surface area contributed by atoms with Crippen molar-refractivity contribution in [2.75, 3.05) is 0 Å². The van der Waals surface area contributed by atoms with E-state index in [0.29, 0.717) is 0 Å². The number of rotatable bonds is 3. The van der Waals surface area contributed by atoms with E-state index >= 15 is 0 Å². The smallest absolute Gasteiger partial charge is 0.0164 e. The first-order valence-electron chi connectivity index (χ1n) is 8.32. The van der Waals surface area contributed by atoms with Crippen molar-refractivity contribution >= 4 is 0 Å². The number of hydrogen-bond acceptors (Lipinski definition) is 0. The first-order valence-corrected chi connectivity index (χ1v) is 8.32. The molecule has 0 N–H and O–H groups in total. The van der Waals surface area contributed by atoms with Gasteiger partial charge in [-0.15, -0.1) is 0 Å². The molecule has 0 heterocycles. The SMILES string of the molecule is c1ccc(C[C]2CCCCC2C2CCCCC2)cc1. The van der Waals surface area contributed by atoms with Crippen LogP contribution in [0.1, 0.15) is 63.4 Å². The highest BCUT2D eigenvalue weighted by Gasteiger charge is 2.32. The third-order valence-corrected chi connectivity index (χ3v) is 5.28. The molecule has 0 aliphatic heterocycles. The minimum absolute atomic E-state index is 0.953. The van der Waals surface area contributed by atoms with Crippen LogP contribution in [-0.2, 0) is 6.42 Å². The van der Waals surface area contributed by atoms with Gasteiger partial charge in [0.25, 0.3) is 0 Å². The van der Waals surface area contributed by atoms with Gasteiger partial charge in [0.15, 0.2) is 0 Å². The molecule has 0 spiro atoms. The van der Waals surface area contributed by atoms with Gasteiger partial charge in [-0.05, 0) is 42.6 Å². The van der Waals surface area contributed by atoms with E-state index in [9.17, 15) is 0 Å². The van der Waals surface area contributed by atoms with Crippen LogP contribution in [0.15, 0.2) is 30.3 Å². The highest BCUT2D eigenvalue weighted by Crippen LogP contribution is 2.43. The average Bonchev–Trinajstić information content (AvgIpc) is 2.50. The van der Waals surface area contributed by atoms with Crippen molar-refractivity contribution in [3.8, 4) is 0 Å². The van der Waals surface area contributed by atoms with Crippen molar-refractivity contribution in [1.82, 2.24) is 0 Å². The Morgan fingerprint density at radius 2 is 1.53 bits per heavy atom. The van der Waals surface area contributed by atoms with E-state index in [1.54, 1.807) is 0 Å². The van der Waals surface area contributed by atoms with E-state index in [1.807, 2.05) is 5.92 Å². The summed E-state index contributed by atoms with van der Waals surface area (Å²) in [6.45, 7) is 0. The summed E-state index contributed by atoms with van der Waals surface area (Å²) in [4.78, 5) is 0. The average molecular weight is 255 g/mol. The minimum Gasteiger partial charge on any atom is -0.0622 e. The highest BCUT2D eigenvalue weighted by molar-refractivity contribution is 5.20. The largest absolute Gasteiger partial charge is 0.0622 e. The van der Waals surface area contributed by atoms with Gasteiger partial charge in [-0.2, -0.15) is 0 Å². The molecule has 1 atom stereocenters. The molecule has 0 heteroatoms. The van der Waals surface area contributed by atoms with Crippen molar-refractivity contribution in [3.05, 3.63) is 41.8 Å². The van der Waals surface area contributed by atoms with Gasteiger partial charge in [-0.25, -0.2) is 0 Å². The van der Waals surface area contributed by atoms with Crippen molar-refractivity contribution in [2.45, 2.75) is 64.2 Å². The van der Waals surface area contributed by atoms with Crippen LogP contribution < -0.4 is 0 Å². The summed E-state index contributed by atoms with van der Waals surface area (Å²) in [6.07, 6.45) is 14.5. The molecule has 1 unspecified atom stereocenters. The molecule has 3 rings (SSSR count). The van der Waals surface area contributed by atoms with Crippen LogP contribution in [-0.4, -0.2) is 0 Å². The van der Waals surface area contributed by atoms with Crippen molar-refractivity contribution < 1.29 is 0 Å². The fraction of sp³-hybridized carbons (Fsp3) is 0.632. The van der Waals surface area contributed by atoms with Gasteiger partial charge >= 0.3 is 0 Å². The summed E-state index contributed by atoms with van der Waals surface area (Å²) < 4.78 is 0. The molecule has 1 aromatic carbocycles. The van der Waals surface area contributed by atoms with E-state index in [1.165, 1.54) is 69.8 Å². The van der Waals surface area contributed by atoms with Crippen LogP contribution in [0.4, 0.5) is 0 Å². The standard InChI is InChI=1S/C19H27/c1-3-9-16(10-4-1)15-18-13-7-8-14-19(18)17-11-5-2-6-12-17/h1,3-4,9-10,17,19H,2,5-8,11-15H2. The second-order valence-corrected chi connectivity index (χ2v) is 6.57. The molecule has 2 saturated carbocycles. The lowest BCUT2D eigenvalue weighted by Crippen LogP contribution is -2.28. The van der Waals surface area contributed by atoms with E-state index in [4.69, 9.17) is 0 Å². The van der Waals surface area contributed by atoms with E-state index in [2.05, 4.69) is 30.3 Å². The van der Waals surface area contributed by atoms with Crippen molar-refractivity contribution in [2.24, 2.45) is 11.8 Å². The molecule has 2 fully saturated rings. The third kappa shape index (κ3) is 3.41. The fourth-order valence-electron chi connectivity index (χ4n) is 4.29. The Labute approximate surface area is 118 Å². The third-order valence-electron chi connectivity index (χ3n) is 5.28. The van der Waals surface area contributed by atoms with Crippen molar-refractivity contribution in [3.63, 3.8) is 0 Å². The predicted molar refractivity (Wildman–Crippen MR) is 81.9 cm³/mol. The molecule has 1 radical (unpaired) electrons. The van der Waals surface area contributed by atoms with Gasteiger partial charge in [0.1, 0.15) is 0 Å². The van der Waals surface area contributed by atoms with Crippen LogP contribution in [0.25, 0.3) is 0 Å². The second-order valence-electron chi connectivity index (χ2n) is 6.57. The van der Waals surface area contributed by atoms with Crippen LogP contribution in [0, 0.1) is 17.8 Å². The summed E-state index contributed by atoms with van der Waals surface area (Å²) >= 11 is 0. The molecule has 0 amide bonds. The maximum Gasteiger partial charge on any atom is -0.0164 e. The normalized spacial score (nSPS) is 26.4. The summed E-state index contributed by atoms with van der Waals surface area (Å²) in [6, 6.07) is 11.1. The van der Waals surface area contributed by atoms with Gasteiger partial charge in [-0.3, -0.25) is 0 Å². The Hall–Kier alpha value is -0.780. The number of benzene rings is 1. The molecule has 0 bridgehead atoms. The molecule has 103 valence electrons. The predicted octanol–water partition coefficient (Wildman–Crippen LogP) is 5.57. The lowest BCUT2D eigenvalue weighted by Gasteiger charge is -2.39. The van der Waals surface area contributed by atoms with E-state index in [0.717, 1.165) is 11.8 Å². The van der Waals surface area contributed by atoms with E-state index < -0.39 is 0 Å². The number of hydrogen-bond donors (Lipinski definition) is 0. The minimum atomic E-state index is 0.953. The van der Waals surface area contributed by atoms with Gasteiger partial charge in [0.2, 0.25) is 0 Å². The maximum absolute atomic E-state index is 2.31. The summed E-state index contributed by atoms with van der Waals surface area (Å²) in [5, 5.41) is 0. The Kier molecular flexibility index (Phi) is 4.58. The van der Waals surface area contributed by atoms with E-state index in [-0.39, 0.29) is 0 Å². The lowest BCUT2D eigenvalue weighted by atomic mass is 9.66. The van der Waals surface area contributed by atoms with Crippen LogP contribution in [0.2, 0.25) is 0 Å². The van der Waals surface area contributed by atoms with Gasteiger partial charge in [-0.1, -0.05) is 75.3 Å². The first-order chi connectivity index (χ1) is 9.43. The van der Waals surface area contributed by atoms with Crippen LogP contribution in [0.5, 0.6) is 0 Å². The van der Waals surface area contributed by atoms with Crippen molar-refractivity contribution in [1.29, 1.82) is 0 Å². The fourth-order valence-corrected chi connectivity index (χ4v) is 4.29. The molecule has 0 saturated heterocycles. The molecular weight excluding hydrogens is 228 g/mol. The summed E-state index contributed by atoms with van der Waals surface area (Å²) in [5.41, 5.74) is 1.53. The highest BCUT2D eigenvalue weighted by atomic mass is 14.4. The second kappa shape index (κ2) is 6.59. The van der Waals surface area contributed by atoms with Crippen LogP contribution in [0.3, 0.4) is 0 Å². The lowest BCUT2D eigenvalue weighted by molar-refractivity contribution is 0.212. The molecule has 2 aliphatic carbocycles. The van der Waals surface area contributed by atoms with Gasteiger partial charge in [0, 0.05) is 0 Å². The molecule has 0 aromatic heterocycles. The monoisotopic (exact) mass is 255 g/mol. The summed E-state index contributed by atoms with van der Waals surface area (Å²) in [5.74, 6) is 3.85. The summed E-state index contributed by atoms with van der Waals surface area (Å²) in [7, 11) is 0. The molecule has 1 aromatic rings. The Bertz CT molecular complexity index is 361. The maximum atomic E-state index is 2.31.